The minimum absolute atomic E-state index is 0.0975. The first kappa shape index (κ1) is 16.7. The van der Waals surface area contributed by atoms with E-state index in [4.69, 9.17) is 4.74 Å². The molecule has 1 atom stereocenters. The summed E-state index contributed by atoms with van der Waals surface area (Å²) in [7, 11) is 0. The number of amides is 1. The van der Waals surface area contributed by atoms with Gasteiger partial charge in [0.2, 0.25) is 0 Å². The first-order valence-electron chi connectivity index (χ1n) is 8.01. The molecule has 0 aliphatic carbocycles. The number of hydrogen-bond donors (Lipinski definition) is 1. The quantitative estimate of drug-likeness (QED) is 0.871. The fourth-order valence-electron chi connectivity index (χ4n) is 2.79. The van der Waals surface area contributed by atoms with Crippen molar-refractivity contribution in [2.24, 2.45) is 5.92 Å². The van der Waals surface area contributed by atoms with Crippen LogP contribution in [0.5, 0.6) is 5.75 Å². The number of aromatic nitrogens is 1. The Kier molecular flexibility index (Phi) is 5.63. The van der Waals surface area contributed by atoms with Crippen LogP contribution >= 0.6 is 11.3 Å². The molecule has 0 saturated carbocycles. The number of nitrogens with zero attached hydrogens (tertiary/aromatic N) is 2. The van der Waals surface area contributed by atoms with E-state index >= 15 is 0 Å². The number of thiazole rings is 1. The van der Waals surface area contributed by atoms with E-state index in [2.05, 4.69) is 15.2 Å². The fourth-order valence-corrected chi connectivity index (χ4v) is 3.47. The second-order valence-corrected chi connectivity index (χ2v) is 6.67. The van der Waals surface area contributed by atoms with Crippen LogP contribution in [0.4, 0.5) is 9.52 Å². The zero-order valence-corrected chi connectivity index (χ0v) is 14.1. The summed E-state index contributed by atoms with van der Waals surface area (Å²) in [6.07, 6.45) is 3.98. The van der Waals surface area contributed by atoms with Gasteiger partial charge in [-0.3, -0.25) is 4.79 Å². The maximum Gasteiger partial charge on any atom is 0.257 e. The molecule has 1 aromatic carbocycles. The molecular formula is C17H20FN3O2S. The van der Waals surface area contributed by atoms with Crippen LogP contribution in [0.15, 0.2) is 35.8 Å². The van der Waals surface area contributed by atoms with E-state index in [0.717, 1.165) is 31.1 Å². The number of carbonyl (C=O) groups is 1. The summed E-state index contributed by atoms with van der Waals surface area (Å²) < 4.78 is 18.6. The second kappa shape index (κ2) is 8.10. The highest BCUT2D eigenvalue weighted by Gasteiger charge is 2.22. The van der Waals surface area contributed by atoms with Gasteiger partial charge in [0, 0.05) is 31.2 Å². The summed E-state index contributed by atoms with van der Waals surface area (Å²) in [5, 5.41) is 5.89. The van der Waals surface area contributed by atoms with Crippen molar-refractivity contribution in [3.8, 4) is 5.75 Å². The number of para-hydroxylation sites is 1. The van der Waals surface area contributed by atoms with Crippen LogP contribution in [-0.4, -0.2) is 37.1 Å². The molecule has 0 unspecified atom stereocenters. The van der Waals surface area contributed by atoms with Crippen molar-refractivity contribution in [1.82, 2.24) is 10.3 Å². The minimum atomic E-state index is -0.461. The van der Waals surface area contributed by atoms with E-state index in [0.29, 0.717) is 12.5 Å². The summed E-state index contributed by atoms with van der Waals surface area (Å²) >= 11 is 1.63. The van der Waals surface area contributed by atoms with Gasteiger partial charge in [-0.25, -0.2) is 9.37 Å². The van der Waals surface area contributed by atoms with Gasteiger partial charge in [0.05, 0.1) is 0 Å². The molecular weight excluding hydrogens is 329 g/mol. The maximum atomic E-state index is 13.4. The van der Waals surface area contributed by atoms with Gasteiger partial charge < -0.3 is 15.0 Å². The van der Waals surface area contributed by atoms with Gasteiger partial charge in [-0.05, 0) is 30.9 Å². The average molecular weight is 349 g/mol. The number of nitrogens with one attached hydrogen (secondary N) is 1. The third-order valence-corrected chi connectivity index (χ3v) is 4.82. The van der Waals surface area contributed by atoms with Crippen molar-refractivity contribution >= 4 is 22.4 Å². The van der Waals surface area contributed by atoms with Gasteiger partial charge in [-0.2, -0.15) is 0 Å². The molecule has 0 radical (unpaired) electrons. The molecule has 1 aliphatic heterocycles. The second-order valence-electron chi connectivity index (χ2n) is 5.79. The van der Waals surface area contributed by atoms with E-state index in [1.165, 1.54) is 12.1 Å². The third-order valence-electron chi connectivity index (χ3n) is 3.99. The molecule has 1 saturated heterocycles. The van der Waals surface area contributed by atoms with Crippen molar-refractivity contribution in [2.75, 3.05) is 31.1 Å². The minimum Gasteiger partial charge on any atom is -0.481 e. The molecule has 1 fully saturated rings. The monoisotopic (exact) mass is 349 g/mol. The van der Waals surface area contributed by atoms with Crippen LogP contribution in [0.1, 0.15) is 12.8 Å². The number of benzene rings is 1. The molecule has 1 aliphatic rings. The van der Waals surface area contributed by atoms with E-state index < -0.39 is 5.82 Å². The summed E-state index contributed by atoms with van der Waals surface area (Å²) in [6, 6.07) is 6.07. The average Bonchev–Trinajstić information content (AvgIpc) is 3.14. The molecule has 3 rings (SSSR count). The Bertz CT molecular complexity index is 666. The van der Waals surface area contributed by atoms with Gasteiger partial charge in [-0.1, -0.05) is 12.1 Å². The van der Waals surface area contributed by atoms with E-state index in [-0.39, 0.29) is 18.3 Å². The molecule has 7 heteroatoms. The molecule has 128 valence electrons. The van der Waals surface area contributed by atoms with Crippen molar-refractivity contribution in [3.63, 3.8) is 0 Å². The maximum absolute atomic E-state index is 13.4. The zero-order chi connectivity index (χ0) is 16.8. The van der Waals surface area contributed by atoms with Crippen molar-refractivity contribution in [3.05, 3.63) is 41.7 Å². The lowest BCUT2D eigenvalue weighted by Crippen LogP contribution is -2.42. The van der Waals surface area contributed by atoms with E-state index in [9.17, 15) is 9.18 Å². The Balaban J connectivity index is 1.42. The highest BCUT2D eigenvalue weighted by atomic mass is 32.1. The highest BCUT2D eigenvalue weighted by Crippen LogP contribution is 2.24. The smallest absolute Gasteiger partial charge is 0.257 e. The van der Waals surface area contributed by atoms with Gasteiger partial charge in [-0.15, -0.1) is 11.3 Å². The number of hydrogen-bond acceptors (Lipinski definition) is 5. The molecule has 1 aromatic heterocycles. The number of ether oxygens (including phenoxy) is 1. The molecule has 1 N–H and O–H groups in total. The van der Waals surface area contributed by atoms with Crippen LogP contribution < -0.4 is 15.0 Å². The van der Waals surface area contributed by atoms with E-state index in [1.807, 2.05) is 11.6 Å². The van der Waals surface area contributed by atoms with Gasteiger partial charge in [0.15, 0.2) is 23.3 Å². The van der Waals surface area contributed by atoms with Crippen LogP contribution in [0.3, 0.4) is 0 Å². The number of piperidine rings is 1. The topological polar surface area (TPSA) is 54.5 Å². The molecule has 5 nitrogen and oxygen atoms in total. The number of carbonyl (C=O) groups excluding carboxylic acids is 1. The Morgan fingerprint density at radius 3 is 3.12 bits per heavy atom. The van der Waals surface area contributed by atoms with Gasteiger partial charge >= 0.3 is 0 Å². The standard InChI is InChI=1S/C17H20FN3O2S/c18-14-5-1-2-6-15(14)23-12-16(22)20-10-13-4-3-8-21(11-13)17-19-7-9-24-17/h1-2,5-7,9,13H,3-4,8,10-12H2,(H,20,22)/t13-/m1/s1. The molecule has 2 aromatic rings. The molecule has 24 heavy (non-hydrogen) atoms. The Hall–Kier alpha value is -2.15. The molecule has 0 bridgehead atoms. The molecule has 2 heterocycles. The van der Waals surface area contributed by atoms with Crippen LogP contribution in [0.25, 0.3) is 0 Å². The highest BCUT2D eigenvalue weighted by molar-refractivity contribution is 7.13. The van der Waals surface area contributed by atoms with Crippen molar-refractivity contribution in [2.45, 2.75) is 12.8 Å². The zero-order valence-electron chi connectivity index (χ0n) is 13.3. The lowest BCUT2D eigenvalue weighted by Gasteiger charge is -2.32. The molecule has 0 spiro atoms. The Morgan fingerprint density at radius 2 is 2.33 bits per heavy atom. The third kappa shape index (κ3) is 4.44. The van der Waals surface area contributed by atoms with Crippen molar-refractivity contribution < 1.29 is 13.9 Å². The number of anilines is 1. The SMILES string of the molecule is O=C(COc1ccccc1F)NC[C@H]1CCCN(c2nccs2)C1. The summed E-state index contributed by atoms with van der Waals surface area (Å²) in [6.45, 7) is 2.32. The number of halogens is 1. The summed E-state index contributed by atoms with van der Waals surface area (Å²) in [4.78, 5) is 18.5. The van der Waals surface area contributed by atoms with Crippen molar-refractivity contribution in [1.29, 1.82) is 0 Å². The predicted molar refractivity (Wildman–Crippen MR) is 92.0 cm³/mol. The van der Waals surface area contributed by atoms with Crippen LogP contribution in [-0.2, 0) is 4.79 Å². The predicted octanol–water partition coefficient (Wildman–Crippen LogP) is 2.69. The Morgan fingerprint density at radius 1 is 1.46 bits per heavy atom. The van der Waals surface area contributed by atoms with E-state index in [1.54, 1.807) is 23.5 Å². The van der Waals surface area contributed by atoms with Gasteiger partial charge in [0.1, 0.15) is 0 Å². The molecule has 1 amide bonds. The normalized spacial score (nSPS) is 17.5. The first-order valence-corrected chi connectivity index (χ1v) is 8.89. The van der Waals surface area contributed by atoms with Crippen LogP contribution in [0.2, 0.25) is 0 Å². The lowest BCUT2D eigenvalue weighted by molar-refractivity contribution is -0.123. The first-order chi connectivity index (χ1) is 11.7. The Labute approximate surface area is 144 Å². The van der Waals surface area contributed by atoms with Crippen LogP contribution in [0, 0.1) is 11.7 Å². The largest absolute Gasteiger partial charge is 0.481 e. The number of rotatable bonds is 6. The van der Waals surface area contributed by atoms with Gasteiger partial charge in [0.25, 0.3) is 5.91 Å². The summed E-state index contributed by atoms with van der Waals surface area (Å²) in [5.41, 5.74) is 0. The lowest BCUT2D eigenvalue weighted by atomic mass is 9.98. The fraction of sp³-hybridized carbons (Fsp3) is 0.412. The summed E-state index contributed by atoms with van der Waals surface area (Å²) in [5.74, 6) is -0.207.